The maximum absolute atomic E-state index is 10.9. The van der Waals surface area contributed by atoms with Crippen LogP contribution in [0.25, 0.3) is 0 Å². The van der Waals surface area contributed by atoms with Crippen molar-refractivity contribution in [2.24, 2.45) is 0 Å². The van der Waals surface area contributed by atoms with Crippen molar-refractivity contribution in [2.45, 2.75) is 19.4 Å². The number of aliphatic hydroxyl groups is 1. The van der Waals surface area contributed by atoms with Gasteiger partial charge in [-0.3, -0.25) is 0 Å². The highest BCUT2D eigenvalue weighted by Gasteiger charge is 2.10. The van der Waals surface area contributed by atoms with Gasteiger partial charge in [-0.05, 0) is 31.5 Å². The molecule has 0 spiro atoms. The van der Waals surface area contributed by atoms with Crippen molar-refractivity contribution in [3.05, 3.63) is 28.8 Å². The summed E-state index contributed by atoms with van der Waals surface area (Å²) in [6.45, 7) is 1.91. The van der Waals surface area contributed by atoms with Crippen LogP contribution < -0.4 is 4.74 Å². The SMILES string of the molecule is C[C@H](O)c1cc(Cl)ccc1OCCCS(C)(=O)=O. The summed E-state index contributed by atoms with van der Waals surface area (Å²) < 4.78 is 27.4. The average molecular weight is 293 g/mol. The molecule has 0 amide bonds. The highest BCUT2D eigenvalue weighted by molar-refractivity contribution is 7.90. The Labute approximate surface area is 112 Å². The minimum absolute atomic E-state index is 0.0879. The fraction of sp³-hybridized carbons (Fsp3) is 0.500. The van der Waals surface area contributed by atoms with Crippen molar-refractivity contribution >= 4 is 21.4 Å². The van der Waals surface area contributed by atoms with Gasteiger partial charge in [0.1, 0.15) is 15.6 Å². The molecule has 1 rings (SSSR count). The first-order valence-corrected chi connectivity index (χ1v) is 8.01. The second-order valence-electron chi connectivity index (χ2n) is 4.19. The molecule has 1 atom stereocenters. The molecule has 0 unspecified atom stereocenters. The number of rotatable bonds is 6. The molecule has 1 aromatic carbocycles. The largest absolute Gasteiger partial charge is 0.493 e. The van der Waals surface area contributed by atoms with E-state index in [1.165, 1.54) is 6.26 Å². The Morgan fingerprint density at radius 2 is 2.11 bits per heavy atom. The monoisotopic (exact) mass is 292 g/mol. The summed E-state index contributed by atoms with van der Waals surface area (Å²) in [5.74, 6) is 0.618. The molecule has 0 fully saturated rings. The first kappa shape index (κ1) is 15.3. The normalized spacial score (nSPS) is 13.3. The van der Waals surface area contributed by atoms with Crippen molar-refractivity contribution in [3.63, 3.8) is 0 Å². The third-order valence-corrected chi connectivity index (χ3v) is 3.60. The molecule has 0 radical (unpaired) electrons. The van der Waals surface area contributed by atoms with Gasteiger partial charge >= 0.3 is 0 Å². The Bertz CT molecular complexity index is 497. The predicted octanol–water partition coefficient (Wildman–Crippen LogP) is 2.21. The van der Waals surface area contributed by atoms with E-state index in [9.17, 15) is 13.5 Å². The van der Waals surface area contributed by atoms with E-state index < -0.39 is 15.9 Å². The zero-order valence-corrected chi connectivity index (χ0v) is 12.0. The Hall–Kier alpha value is -0.780. The molecule has 1 N–H and O–H groups in total. The van der Waals surface area contributed by atoms with Crippen LogP contribution in [0.3, 0.4) is 0 Å². The first-order chi connectivity index (χ1) is 8.29. The van der Waals surface area contributed by atoms with Gasteiger partial charge < -0.3 is 9.84 Å². The third-order valence-electron chi connectivity index (χ3n) is 2.34. The molecule has 18 heavy (non-hydrogen) atoms. The number of hydrogen-bond acceptors (Lipinski definition) is 4. The van der Waals surface area contributed by atoms with Crippen LogP contribution in [0.5, 0.6) is 5.75 Å². The zero-order valence-electron chi connectivity index (χ0n) is 10.4. The van der Waals surface area contributed by atoms with E-state index in [2.05, 4.69) is 0 Å². The van der Waals surface area contributed by atoms with Crippen LogP contribution in [0.1, 0.15) is 25.0 Å². The molecule has 6 heteroatoms. The molecule has 0 aromatic heterocycles. The lowest BCUT2D eigenvalue weighted by atomic mass is 10.1. The molecular weight excluding hydrogens is 276 g/mol. The molecule has 0 aliphatic carbocycles. The lowest BCUT2D eigenvalue weighted by Crippen LogP contribution is -2.09. The van der Waals surface area contributed by atoms with Gasteiger partial charge in [0.05, 0.1) is 18.5 Å². The highest BCUT2D eigenvalue weighted by atomic mass is 35.5. The molecule has 1 aromatic rings. The van der Waals surface area contributed by atoms with Crippen LogP contribution >= 0.6 is 11.6 Å². The smallest absolute Gasteiger partial charge is 0.147 e. The van der Waals surface area contributed by atoms with Gasteiger partial charge in [-0.15, -0.1) is 0 Å². The van der Waals surface area contributed by atoms with Gasteiger partial charge in [0, 0.05) is 16.8 Å². The Morgan fingerprint density at radius 3 is 2.67 bits per heavy atom. The van der Waals surface area contributed by atoms with Crippen LogP contribution in [-0.4, -0.2) is 32.1 Å². The van der Waals surface area contributed by atoms with Gasteiger partial charge in [-0.2, -0.15) is 0 Å². The molecule has 4 nitrogen and oxygen atoms in total. The third kappa shape index (κ3) is 5.25. The van der Waals surface area contributed by atoms with Crippen LogP contribution in [0, 0.1) is 0 Å². The van der Waals surface area contributed by atoms with E-state index in [0.29, 0.717) is 22.8 Å². The second kappa shape index (κ2) is 6.41. The maximum Gasteiger partial charge on any atom is 0.147 e. The summed E-state index contributed by atoms with van der Waals surface area (Å²) in [4.78, 5) is 0. The highest BCUT2D eigenvalue weighted by Crippen LogP contribution is 2.28. The molecule has 102 valence electrons. The fourth-order valence-electron chi connectivity index (χ4n) is 1.48. The molecule has 0 heterocycles. The summed E-state index contributed by atoms with van der Waals surface area (Å²) in [7, 11) is -2.96. The van der Waals surface area contributed by atoms with Crippen LogP contribution in [0.4, 0.5) is 0 Å². The van der Waals surface area contributed by atoms with Crippen LogP contribution in [0.15, 0.2) is 18.2 Å². The zero-order chi connectivity index (χ0) is 13.8. The van der Waals surface area contributed by atoms with E-state index in [1.54, 1.807) is 25.1 Å². The van der Waals surface area contributed by atoms with Crippen LogP contribution in [0.2, 0.25) is 5.02 Å². The van der Waals surface area contributed by atoms with E-state index in [-0.39, 0.29) is 12.4 Å². The van der Waals surface area contributed by atoms with E-state index in [1.807, 2.05) is 0 Å². The van der Waals surface area contributed by atoms with Crippen LogP contribution in [-0.2, 0) is 9.84 Å². The standard InChI is InChI=1S/C12H17ClO4S/c1-9(14)11-8-10(13)4-5-12(11)17-6-3-7-18(2,15)16/h4-5,8-9,14H,3,6-7H2,1-2H3/t9-/m0/s1. The number of sulfone groups is 1. The maximum atomic E-state index is 10.9. The molecule has 0 bridgehead atoms. The van der Waals surface area contributed by atoms with E-state index in [0.717, 1.165) is 0 Å². The number of benzene rings is 1. The second-order valence-corrected chi connectivity index (χ2v) is 6.89. The molecule has 0 aliphatic rings. The molecular formula is C12H17ClO4S. The first-order valence-electron chi connectivity index (χ1n) is 5.57. The predicted molar refractivity (Wildman–Crippen MR) is 71.9 cm³/mol. The average Bonchev–Trinajstić information content (AvgIpc) is 2.24. The van der Waals surface area contributed by atoms with Gasteiger partial charge in [0.25, 0.3) is 0 Å². The Balaban J connectivity index is 2.62. The quantitative estimate of drug-likeness (QED) is 0.817. The van der Waals surface area contributed by atoms with Crippen molar-refractivity contribution in [1.82, 2.24) is 0 Å². The summed E-state index contributed by atoms with van der Waals surface area (Å²) in [5, 5.41) is 10.1. The van der Waals surface area contributed by atoms with E-state index >= 15 is 0 Å². The Kier molecular flexibility index (Phi) is 5.44. The Morgan fingerprint density at radius 1 is 1.44 bits per heavy atom. The van der Waals surface area contributed by atoms with E-state index in [4.69, 9.17) is 16.3 Å². The number of halogens is 1. The number of aliphatic hydroxyl groups excluding tert-OH is 1. The van der Waals surface area contributed by atoms with Crippen molar-refractivity contribution in [1.29, 1.82) is 0 Å². The van der Waals surface area contributed by atoms with Gasteiger partial charge in [-0.1, -0.05) is 11.6 Å². The van der Waals surface area contributed by atoms with Crippen molar-refractivity contribution < 1.29 is 18.3 Å². The van der Waals surface area contributed by atoms with Crippen molar-refractivity contribution in [3.8, 4) is 5.75 Å². The van der Waals surface area contributed by atoms with Gasteiger partial charge in [0.15, 0.2) is 0 Å². The number of ether oxygens (including phenoxy) is 1. The number of hydrogen-bond donors (Lipinski definition) is 1. The summed E-state index contributed by atoms with van der Waals surface area (Å²) in [6.07, 6.45) is 0.922. The minimum Gasteiger partial charge on any atom is -0.493 e. The molecule has 0 saturated heterocycles. The minimum atomic E-state index is -2.96. The topological polar surface area (TPSA) is 63.6 Å². The summed E-state index contributed by atoms with van der Waals surface area (Å²) >= 11 is 5.84. The van der Waals surface area contributed by atoms with Crippen molar-refractivity contribution in [2.75, 3.05) is 18.6 Å². The fourth-order valence-corrected chi connectivity index (χ4v) is 2.30. The summed E-state index contributed by atoms with van der Waals surface area (Å²) in [5.41, 5.74) is 0.599. The lowest BCUT2D eigenvalue weighted by molar-refractivity contribution is 0.191. The molecule has 0 aliphatic heterocycles. The van der Waals surface area contributed by atoms with Gasteiger partial charge in [-0.25, -0.2) is 8.42 Å². The molecule has 0 saturated carbocycles. The lowest BCUT2D eigenvalue weighted by Gasteiger charge is -2.13. The van der Waals surface area contributed by atoms with Gasteiger partial charge in [0.2, 0.25) is 0 Å². The summed E-state index contributed by atoms with van der Waals surface area (Å²) in [6, 6.07) is 4.97.